The first-order valence-corrected chi connectivity index (χ1v) is 12.1. The lowest BCUT2D eigenvalue weighted by molar-refractivity contribution is -0.122. The van der Waals surface area contributed by atoms with E-state index in [0.717, 1.165) is 36.0 Å². The van der Waals surface area contributed by atoms with Crippen molar-refractivity contribution in [1.82, 2.24) is 20.5 Å². The zero-order valence-electron chi connectivity index (χ0n) is 19.9. The highest BCUT2D eigenvalue weighted by Crippen LogP contribution is 2.26. The summed E-state index contributed by atoms with van der Waals surface area (Å²) in [6.07, 6.45) is 6.22. The van der Waals surface area contributed by atoms with Crippen molar-refractivity contribution in [2.45, 2.75) is 38.9 Å². The van der Waals surface area contributed by atoms with E-state index >= 15 is 0 Å². The number of rotatable bonds is 5. The highest BCUT2D eigenvalue weighted by Gasteiger charge is 2.21. The summed E-state index contributed by atoms with van der Waals surface area (Å²) in [5, 5.41) is 6.03. The van der Waals surface area contributed by atoms with Crippen LogP contribution in [-0.2, 0) is 24.4 Å². The summed E-state index contributed by atoms with van der Waals surface area (Å²) in [5.41, 5.74) is 3.38. The molecule has 1 aromatic heterocycles. The maximum atomic E-state index is 13.3. The number of carbonyl (C=O) groups is 2. The van der Waals surface area contributed by atoms with Gasteiger partial charge in [0, 0.05) is 49.7 Å². The van der Waals surface area contributed by atoms with Crippen molar-refractivity contribution in [3.05, 3.63) is 95.3 Å². The molecule has 182 valence electrons. The summed E-state index contributed by atoms with van der Waals surface area (Å²) in [6.45, 7) is 2.84. The van der Waals surface area contributed by atoms with Gasteiger partial charge in [-0.05, 0) is 48.6 Å². The minimum atomic E-state index is -0.178. The van der Waals surface area contributed by atoms with Gasteiger partial charge in [-0.25, -0.2) is 0 Å². The van der Waals surface area contributed by atoms with Crippen molar-refractivity contribution in [1.29, 1.82) is 0 Å². The zero-order chi connectivity index (χ0) is 24.3. The number of fused-ring (bicyclic) bond motifs is 1. The summed E-state index contributed by atoms with van der Waals surface area (Å²) in [5.74, 6) is 0.501. The molecule has 2 amide bonds. The molecule has 0 unspecified atom stereocenters. The maximum absolute atomic E-state index is 13.3. The first-order chi connectivity index (χ1) is 17.2. The molecule has 0 spiro atoms. The van der Waals surface area contributed by atoms with E-state index < -0.39 is 0 Å². The monoisotopic (exact) mass is 472 g/mol. The van der Waals surface area contributed by atoms with Gasteiger partial charge in [0.1, 0.15) is 5.75 Å². The fourth-order valence-corrected chi connectivity index (χ4v) is 4.16. The van der Waals surface area contributed by atoms with Crippen LogP contribution in [-0.4, -0.2) is 41.4 Å². The second-order valence-corrected chi connectivity index (χ2v) is 8.72. The van der Waals surface area contributed by atoms with Crippen molar-refractivity contribution in [3.63, 3.8) is 0 Å². The van der Waals surface area contributed by atoms with Gasteiger partial charge in [-0.15, -0.1) is 0 Å². The number of benzene rings is 2. The number of ether oxygens (including phenoxy) is 1. The Labute approximate surface area is 206 Å². The number of hydrogen-bond acceptors (Lipinski definition) is 5. The van der Waals surface area contributed by atoms with Crippen LogP contribution < -0.4 is 15.4 Å². The van der Waals surface area contributed by atoms with Crippen LogP contribution in [0.4, 0.5) is 0 Å². The third-order valence-electron chi connectivity index (χ3n) is 5.95. The number of amides is 2. The highest BCUT2D eigenvalue weighted by atomic mass is 16.5. The predicted molar refractivity (Wildman–Crippen MR) is 135 cm³/mol. The number of hydrogen-bond donors (Lipinski definition) is 2. The smallest absolute Gasteiger partial charge is 0.252 e. The first kappa shape index (κ1) is 24.4. The molecule has 2 N–H and O–H groups in total. The van der Waals surface area contributed by atoms with Gasteiger partial charge in [-0.3, -0.25) is 19.5 Å². The van der Waals surface area contributed by atoms with Gasteiger partial charge in [0.25, 0.3) is 5.91 Å². The molecule has 1 aliphatic heterocycles. The Morgan fingerprint density at radius 2 is 1.83 bits per heavy atom. The number of aromatic nitrogens is 1. The SMILES string of the molecule is O=C1CN(Cc2ccccc2)Cc2c(cccc2C(=O)NCc2cccnc2)OCCCCCN1. The number of pyridine rings is 1. The molecule has 1 aliphatic rings. The Bertz CT molecular complexity index is 1110. The quantitative estimate of drug-likeness (QED) is 0.592. The molecular formula is C28H32N4O3. The minimum absolute atomic E-state index is 0.0128. The average Bonchev–Trinajstić information content (AvgIpc) is 2.89. The highest BCUT2D eigenvalue weighted by molar-refractivity contribution is 5.96. The molecule has 35 heavy (non-hydrogen) atoms. The van der Waals surface area contributed by atoms with Crippen molar-refractivity contribution in [2.75, 3.05) is 19.7 Å². The molecule has 2 heterocycles. The minimum Gasteiger partial charge on any atom is -0.493 e. The van der Waals surface area contributed by atoms with Crippen LogP contribution in [0.1, 0.15) is 46.3 Å². The molecule has 0 radical (unpaired) electrons. The van der Waals surface area contributed by atoms with Gasteiger partial charge in [-0.2, -0.15) is 0 Å². The molecule has 4 rings (SSSR count). The lowest BCUT2D eigenvalue weighted by atomic mass is 10.0. The predicted octanol–water partition coefficient (Wildman–Crippen LogP) is 3.69. The maximum Gasteiger partial charge on any atom is 0.252 e. The molecule has 0 fully saturated rings. The lowest BCUT2D eigenvalue weighted by Crippen LogP contribution is -2.37. The van der Waals surface area contributed by atoms with Gasteiger partial charge in [0.05, 0.1) is 13.2 Å². The van der Waals surface area contributed by atoms with Crippen LogP contribution in [0.2, 0.25) is 0 Å². The molecule has 0 aliphatic carbocycles. The average molecular weight is 473 g/mol. The second kappa shape index (κ2) is 12.7. The summed E-state index contributed by atoms with van der Waals surface area (Å²) < 4.78 is 6.16. The fourth-order valence-electron chi connectivity index (χ4n) is 4.16. The molecule has 3 aromatic rings. The van der Waals surface area contributed by atoms with Crippen LogP contribution >= 0.6 is 0 Å². The van der Waals surface area contributed by atoms with Crippen molar-refractivity contribution < 1.29 is 14.3 Å². The van der Waals surface area contributed by atoms with Gasteiger partial charge in [0.15, 0.2) is 0 Å². The summed E-state index contributed by atoms with van der Waals surface area (Å²) in [6, 6.07) is 19.4. The van der Waals surface area contributed by atoms with Crippen molar-refractivity contribution in [2.24, 2.45) is 0 Å². The van der Waals surface area contributed by atoms with E-state index in [1.54, 1.807) is 12.4 Å². The number of nitrogens with one attached hydrogen (secondary N) is 2. The van der Waals surface area contributed by atoms with E-state index in [9.17, 15) is 9.59 Å². The molecule has 0 saturated carbocycles. The Hall–Kier alpha value is -3.71. The van der Waals surface area contributed by atoms with E-state index in [2.05, 4.69) is 20.5 Å². The van der Waals surface area contributed by atoms with Crippen LogP contribution in [0.5, 0.6) is 5.75 Å². The fraction of sp³-hybridized carbons (Fsp3) is 0.321. The normalized spacial score (nSPS) is 15.4. The Balaban J connectivity index is 1.61. The van der Waals surface area contributed by atoms with Gasteiger partial charge in [-0.1, -0.05) is 42.5 Å². The Morgan fingerprint density at radius 3 is 2.66 bits per heavy atom. The van der Waals surface area contributed by atoms with Gasteiger partial charge in [0.2, 0.25) is 5.91 Å². The lowest BCUT2D eigenvalue weighted by Gasteiger charge is -2.24. The molecule has 0 bridgehead atoms. The molecule has 7 nitrogen and oxygen atoms in total. The summed E-state index contributed by atoms with van der Waals surface area (Å²) in [7, 11) is 0. The van der Waals surface area contributed by atoms with Crippen LogP contribution in [0.15, 0.2) is 73.1 Å². The van der Waals surface area contributed by atoms with Crippen LogP contribution in [0.3, 0.4) is 0 Å². The summed E-state index contributed by atoms with van der Waals surface area (Å²) in [4.78, 5) is 32.1. The van der Waals surface area contributed by atoms with Crippen LogP contribution in [0, 0.1) is 0 Å². The number of carbonyl (C=O) groups excluding carboxylic acids is 2. The van der Waals surface area contributed by atoms with E-state index in [-0.39, 0.29) is 18.4 Å². The molecule has 0 atom stereocenters. The molecule has 2 aromatic carbocycles. The Morgan fingerprint density at radius 1 is 0.971 bits per heavy atom. The van der Waals surface area contributed by atoms with E-state index in [4.69, 9.17) is 4.74 Å². The largest absolute Gasteiger partial charge is 0.493 e. The first-order valence-electron chi connectivity index (χ1n) is 12.1. The van der Waals surface area contributed by atoms with E-state index in [0.29, 0.717) is 44.1 Å². The van der Waals surface area contributed by atoms with E-state index in [1.165, 1.54) is 0 Å². The van der Waals surface area contributed by atoms with Crippen LogP contribution in [0.25, 0.3) is 0 Å². The van der Waals surface area contributed by atoms with E-state index in [1.807, 2.05) is 60.7 Å². The third kappa shape index (κ3) is 7.39. The standard InChI is InChI=1S/C28H32N4O3/c33-27-21-32(19-22-9-3-1-4-10-22)20-25-24(28(34)31-18-23-11-8-14-29-17-23)12-7-13-26(25)35-16-6-2-5-15-30-27/h1,3-4,7-14,17H,2,5-6,15-16,18-21H2,(H,30,33)(H,31,34). The summed E-state index contributed by atoms with van der Waals surface area (Å²) >= 11 is 0. The van der Waals surface area contributed by atoms with Gasteiger partial charge < -0.3 is 15.4 Å². The Kier molecular flexibility index (Phi) is 8.84. The van der Waals surface area contributed by atoms with Crippen molar-refractivity contribution >= 4 is 11.8 Å². The second-order valence-electron chi connectivity index (χ2n) is 8.72. The van der Waals surface area contributed by atoms with Crippen molar-refractivity contribution in [3.8, 4) is 5.75 Å². The number of nitrogens with zero attached hydrogens (tertiary/aromatic N) is 2. The van der Waals surface area contributed by atoms with Gasteiger partial charge >= 0.3 is 0 Å². The topological polar surface area (TPSA) is 83.6 Å². The molecular weight excluding hydrogens is 440 g/mol. The molecule has 7 heteroatoms. The zero-order valence-corrected chi connectivity index (χ0v) is 19.9. The third-order valence-corrected chi connectivity index (χ3v) is 5.95. The molecule has 0 saturated heterocycles.